The normalized spacial score (nSPS) is 16.8. The average molecular weight is 246 g/mol. The fraction of sp³-hybridized carbons (Fsp3) is 0.625. The standard InChI is InChI=1S/C16H26N2/c1-12(17)13-5-6-15-14(11-13)7-9-18(15)10-8-16(2,3)4/h5-6,11-12H,7-10,17H2,1-4H3. The van der Waals surface area contributed by atoms with Crippen molar-refractivity contribution >= 4 is 5.69 Å². The number of hydrogen-bond acceptors (Lipinski definition) is 2. The first-order chi connectivity index (χ1) is 8.37. The predicted molar refractivity (Wildman–Crippen MR) is 79.0 cm³/mol. The van der Waals surface area contributed by atoms with Crippen LogP contribution in [-0.4, -0.2) is 13.1 Å². The third-order valence-electron chi connectivity index (χ3n) is 3.75. The Balaban J connectivity index is 2.09. The summed E-state index contributed by atoms with van der Waals surface area (Å²) in [4.78, 5) is 2.52. The highest BCUT2D eigenvalue weighted by atomic mass is 15.1. The summed E-state index contributed by atoms with van der Waals surface area (Å²) >= 11 is 0. The molecule has 0 saturated heterocycles. The number of fused-ring (bicyclic) bond motifs is 1. The Morgan fingerprint density at radius 3 is 2.67 bits per heavy atom. The van der Waals surface area contributed by atoms with Gasteiger partial charge in [-0.15, -0.1) is 0 Å². The van der Waals surface area contributed by atoms with E-state index in [4.69, 9.17) is 5.73 Å². The summed E-state index contributed by atoms with van der Waals surface area (Å²) in [6.45, 7) is 11.3. The molecule has 2 nitrogen and oxygen atoms in total. The van der Waals surface area contributed by atoms with E-state index in [1.807, 2.05) is 6.92 Å². The van der Waals surface area contributed by atoms with Crippen LogP contribution in [0.5, 0.6) is 0 Å². The number of hydrogen-bond donors (Lipinski definition) is 1. The van der Waals surface area contributed by atoms with Crippen LogP contribution in [0, 0.1) is 5.41 Å². The molecule has 18 heavy (non-hydrogen) atoms. The molecular formula is C16H26N2. The zero-order chi connectivity index (χ0) is 13.3. The molecule has 1 aromatic carbocycles. The Kier molecular flexibility index (Phi) is 3.67. The van der Waals surface area contributed by atoms with Gasteiger partial charge < -0.3 is 10.6 Å². The van der Waals surface area contributed by atoms with Crippen molar-refractivity contribution in [3.63, 3.8) is 0 Å². The van der Waals surface area contributed by atoms with E-state index in [-0.39, 0.29) is 6.04 Å². The van der Waals surface area contributed by atoms with Crippen molar-refractivity contribution in [2.75, 3.05) is 18.0 Å². The molecule has 0 amide bonds. The van der Waals surface area contributed by atoms with Crippen molar-refractivity contribution in [1.82, 2.24) is 0 Å². The lowest BCUT2D eigenvalue weighted by atomic mass is 9.92. The van der Waals surface area contributed by atoms with E-state index in [9.17, 15) is 0 Å². The highest BCUT2D eigenvalue weighted by Gasteiger charge is 2.21. The van der Waals surface area contributed by atoms with E-state index in [1.165, 1.54) is 29.7 Å². The molecule has 100 valence electrons. The molecule has 0 spiro atoms. The number of nitrogens with two attached hydrogens (primary N) is 1. The average Bonchev–Trinajstić information content (AvgIpc) is 2.67. The summed E-state index contributed by atoms with van der Waals surface area (Å²) in [5.74, 6) is 0. The Labute approximate surface area is 111 Å². The molecule has 0 bridgehead atoms. The lowest BCUT2D eigenvalue weighted by Crippen LogP contribution is -2.25. The summed E-state index contributed by atoms with van der Waals surface area (Å²) in [6.07, 6.45) is 2.40. The first-order valence-corrected chi connectivity index (χ1v) is 7.00. The molecule has 2 rings (SSSR count). The second-order valence-corrected chi connectivity index (χ2v) is 6.72. The molecule has 1 aliphatic rings. The molecule has 0 aliphatic carbocycles. The predicted octanol–water partition coefficient (Wildman–Crippen LogP) is 3.51. The van der Waals surface area contributed by atoms with Gasteiger partial charge in [0, 0.05) is 24.8 Å². The van der Waals surface area contributed by atoms with E-state index in [2.05, 4.69) is 43.9 Å². The summed E-state index contributed by atoms with van der Waals surface area (Å²) < 4.78 is 0. The lowest BCUT2D eigenvalue weighted by Gasteiger charge is -2.25. The van der Waals surface area contributed by atoms with Crippen molar-refractivity contribution in [3.8, 4) is 0 Å². The highest BCUT2D eigenvalue weighted by molar-refractivity contribution is 5.59. The SMILES string of the molecule is CC(N)c1ccc2c(c1)CCN2CCC(C)(C)C. The molecule has 2 N–H and O–H groups in total. The monoisotopic (exact) mass is 246 g/mol. The van der Waals surface area contributed by atoms with Crippen LogP contribution in [0.1, 0.15) is 51.3 Å². The Morgan fingerprint density at radius 2 is 2.06 bits per heavy atom. The van der Waals surface area contributed by atoms with Crippen LogP contribution in [0.25, 0.3) is 0 Å². The summed E-state index contributed by atoms with van der Waals surface area (Å²) in [7, 11) is 0. The molecule has 0 fully saturated rings. The van der Waals surface area contributed by atoms with Gasteiger partial charge in [-0.05, 0) is 42.4 Å². The zero-order valence-electron chi connectivity index (χ0n) is 12.2. The molecular weight excluding hydrogens is 220 g/mol. The first-order valence-electron chi connectivity index (χ1n) is 7.00. The molecule has 0 aromatic heterocycles. The number of rotatable bonds is 3. The van der Waals surface area contributed by atoms with E-state index in [0.717, 1.165) is 13.1 Å². The highest BCUT2D eigenvalue weighted by Crippen LogP contribution is 2.31. The molecule has 2 heteroatoms. The van der Waals surface area contributed by atoms with Crippen LogP contribution in [0.15, 0.2) is 18.2 Å². The van der Waals surface area contributed by atoms with Gasteiger partial charge in [-0.1, -0.05) is 32.9 Å². The molecule has 1 heterocycles. The molecule has 0 saturated carbocycles. The van der Waals surface area contributed by atoms with Gasteiger partial charge >= 0.3 is 0 Å². The van der Waals surface area contributed by atoms with Gasteiger partial charge in [0.05, 0.1) is 0 Å². The van der Waals surface area contributed by atoms with Crippen LogP contribution in [-0.2, 0) is 6.42 Å². The third-order valence-corrected chi connectivity index (χ3v) is 3.75. The van der Waals surface area contributed by atoms with Gasteiger partial charge in [0.15, 0.2) is 0 Å². The van der Waals surface area contributed by atoms with Crippen LogP contribution in [0.4, 0.5) is 5.69 Å². The van der Waals surface area contributed by atoms with Crippen molar-refractivity contribution < 1.29 is 0 Å². The van der Waals surface area contributed by atoms with Crippen molar-refractivity contribution in [3.05, 3.63) is 29.3 Å². The molecule has 1 aromatic rings. The Bertz CT molecular complexity index is 416. The fourth-order valence-corrected chi connectivity index (χ4v) is 2.48. The van der Waals surface area contributed by atoms with Crippen LogP contribution in [0.3, 0.4) is 0 Å². The maximum absolute atomic E-state index is 5.94. The van der Waals surface area contributed by atoms with Crippen LogP contribution >= 0.6 is 0 Å². The summed E-state index contributed by atoms with van der Waals surface area (Å²) in [5, 5.41) is 0. The first kappa shape index (κ1) is 13.4. The second-order valence-electron chi connectivity index (χ2n) is 6.72. The van der Waals surface area contributed by atoms with Crippen LogP contribution in [0.2, 0.25) is 0 Å². The van der Waals surface area contributed by atoms with Crippen LogP contribution < -0.4 is 10.6 Å². The van der Waals surface area contributed by atoms with Gasteiger partial charge in [0.1, 0.15) is 0 Å². The summed E-state index contributed by atoms with van der Waals surface area (Å²) in [6, 6.07) is 6.86. The van der Waals surface area contributed by atoms with Gasteiger partial charge in [-0.3, -0.25) is 0 Å². The molecule has 1 atom stereocenters. The minimum atomic E-state index is 0.138. The zero-order valence-corrected chi connectivity index (χ0v) is 12.2. The van der Waals surface area contributed by atoms with Crippen molar-refractivity contribution in [2.45, 2.75) is 46.6 Å². The third kappa shape index (κ3) is 3.05. The number of anilines is 1. The smallest absolute Gasteiger partial charge is 0.0399 e. The largest absolute Gasteiger partial charge is 0.371 e. The fourth-order valence-electron chi connectivity index (χ4n) is 2.48. The van der Waals surface area contributed by atoms with Gasteiger partial charge in [0.2, 0.25) is 0 Å². The number of nitrogens with zero attached hydrogens (tertiary/aromatic N) is 1. The van der Waals surface area contributed by atoms with E-state index in [0.29, 0.717) is 5.41 Å². The quantitative estimate of drug-likeness (QED) is 0.884. The maximum atomic E-state index is 5.94. The second kappa shape index (κ2) is 4.93. The van der Waals surface area contributed by atoms with E-state index < -0.39 is 0 Å². The molecule has 1 aliphatic heterocycles. The molecule has 0 radical (unpaired) electrons. The molecule has 1 unspecified atom stereocenters. The van der Waals surface area contributed by atoms with Gasteiger partial charge in [-0.2, -0.15) is 0 Å². The van der Waals surface area contributed by atoms with E-state index >= 15 is 0 Å². The van der Waals surface area contributed by atoms with E-state index in [1.54, 1.807) is 0 Å². The van der Waals surface area contributed by atoms with Crippen molar-refractivity contribution in [1.29, 1.82) is 0 Å². The van der Waals surface area contributed by atoms with Crippen molar-refractivity contribution in [2.24, 2.45) is 11.1 Å². The van der Waals surface area contributed by atoms with Gasteiger partial charge in [0.25, 0.3) is 0 Å². The van der Waals surface area contributed by atoms with Gasteiger partial charge in [-0.25, -0.2) is 0 Å². The minimum absolute atomic E-state index is 0.138. The Hall–Kier alpha value is -1.02. The minimum Gasteiger partial charge on any atom is -0.371 e. The lowest BCUT2D eigenvalue weighted by molar-refractivity contribution is 0.380. The Morgan fingerprint density at radius 1 is 1.33 bits per heavy atom. The number of benzene rings is 1. The maximum Gasteiger partial charge on any atom is 0.0399 e. The topological polar surface area (TPSA) is 29.3 Å². The summed E-state index contributed by atoms with van der Waals surface area (Å²) in [5.41, 5.74) is 10.5.